The fraction of sp³-hybridized carbons (Fsp3) is 0.562. The quantitative estimate of drug-likeness (QED) is 0.823. The Morgan fingerprint density at radius 2 is 1.95 bits per heavy atom. The molecular weight excluding hydrogens is 238 g/mol. The molecule has 0 fully saturated rings. The SMILES string of the molecule is Cc1cc(O)ccc1C(=O)NC(C)CCCC(C)C. The molecule has 3 heteroatoms. The van der Waals surface area contributed by atoms with Gasteiger partial charge < -0.3 is 10.4 Å². The first kappa shape index (κ1) is 15.5. The standard InChI is InChI=1S/C16H25NO2/c1-11(2)6-5-7-13(4)17-16(19)15-9-8-14(18)10-12(15)3/h8-11,13,18H,5-7H2,1-4H3,(H,17,19). The fourth-order valence-electron chi connectivity index (χ4n) is 2.11. The topological polar surface area (TPSA) is 49.3 Å². The number of hydrogen-bond donors (Lipinski definition) is 2. The minimum atomic E-state index is -0.0606. The van der Waals surface area contributed by atoms with Crippen molar-refractivity contribution in [1.82, 2.24) is 5.32 Å². The molecule has 0 bridgehead atoms. The summed E-state index contributed by atoms with van der Waals surface area (Å²) in [6.07, 6.45) is 3.33. The Morgan fingerprint density at radius 1 is 1.26 bits per heavy atom. The molecule has 1 aromatic carbocycles. The fourth-order valence-corrected chi connectivity index (χ4v) is 2.11. The Hall–Kier alpha value is -1.51. The molecule has 0 radical (unpaired) electrons. The lowest BCUT2D eigenvalue weighted by atomic mass is 10.0. The number of rotatable bonds is 6. The second kappa shape index (κ2) is 7.17. The Bertz CT molecular complexity index is 427. The molecule has 3 nitrogen and oxygen atoms in total. The first-order chi connectivity index (χ1) is 8.90. The normalized spacial score (nSPS) is 12.5. The van der Waals surface area contributed by atoms with Gasteiger partial charge in [0.1, 0.15) is 5.75 Å². The number of aromatic hydroxyl groups is 1. The van der Waals surface area contributed by atoms with Crippen LogP contribution in [0, 0.1) is 12.8 Å². The van der Waals surface area contributed by atoms with Crippen LogP contribution in [0.3, 0.4) is 0 Å². The van der Waals surface area contributed by atoms with Crippen molar-refractivity contribution < 1.29 is 9.90 Å². The molecule has 0 aliphatic carbocycles. The number of carbonyl (C=O) groups excluding carboxylic acids is 1. The molecule has 0 saturated heterocycles. The van der Waals surface area contributed by atoms with Gasteiger partial charge in [-0.1, -0.05) is 26.7 Å². The third-order valence-electron chi connectivity index (χ3n) is 3.25. The van der Waals surface area contributed by atoms with E-state index in [1.165, 1.54) is 6.42 Å². The van der Waals surface area contributed by atoms with Gasteiger partial charge in [0.2, 0.25) is 0 Å². The smallest absolute Gasteiger partial charge is 0.251 e. The summed E-state index contributed by atoms with van der Waals surface area (Å²) in [7, 11) is 0. The van der Waals surface area contributed by atoms with Gasteiger partial charge in [-0.3, -0.25) is 4.79 Å². The average molecular weight is 263 g/mol. The summed E-state index contributed by atoms with van der Waals surface area (Å²) in [5, 5.41) is 12.3. The number of aryl methyl sites for hydroxylation is 1. The van der Waals surface area contributed by atoms with Crippen molar-refractivity contribution in [1.29, 1.82) is 0 Å². The maximum absolute atomic E-state index is 12.1. The zero-order chi connectivity index (χ0) is 14.4. The molecule has 0 saturated carbocycles. The number of hydrogen-bond acceptors (Lipinski definition) is 2. The van der Waals surface area contributed by atoms with E-state index in [9.17, 15) is 9.90 Å². The molecule has 1 atom stereocenters. The van der Waals surface area contributed by atoms with Crippen molar-refractivity contribution in [3.05, 3.63) is 29.3 Å². The summed E-state index contributed by atoms with van der Waals surface area (Å²) in [5.74, 6) is 0.843. The van der Waals surface area contributed by atoms with Gasteiger partial charge in [0.25, 0.3) is 5.91 Å². The molecule has 19 heavy (non-hydrogen) atoms. The molecule has 1 unspecified atom stereocenters. The molecule has 1 rings (SSSR count). The van der Waals surface area contributed by atoms with Crippen LogP contribution in [0.1, 0.15) is 56.0 Å². The summed E-state index contributed by atoms with van der Waals surface area (Å²) in [6.45, 7) is 8.29. The number of phenolic OH excluding ortho intramolecular Hbond substituents is 1. The molecule has 0 aliphatic heterocycles. The van der Waals surface area contributed by atoms with Gasteiger partial charge >= 0.3 is 0 Å². The van der Waals surface area contributed by atoms with E-state index >= 15 is 0 Å². The summed E-state index contributed by atoms with van der Waals surface area (Å²) in [6, 6.07) is 5.00. The molecule has 0 aromatic heterocycles. The van der Waals surface area contributed by atoms with E-state index in [4.69, 9.17) is 0 Å². The maximum atomic E-state index is 12.1. The number of carbonyl (C=O) groups is 1. The highest BCUT2D eigenvalue weighted by atomic mass is 16.3. The third-order valence-corrected chi connectivity index (χ3v) is 3.25. The lowest BCUT2D eigenvalue weighted by Gasteiger charge is -2.15. The average Bonchev–Trinajstić information content (AvgIpc) is 2.27. The van der Waals surface area contributed by atoms with Crippen molar-refractivity contribution in [3.63, 3.8) is 0 Å². The Labute approximate surface area is 116 Å². The van der Waals surface area contributed by atoms with Crippen LogP contribution in [0.15, 0.2) is 18.2 Å². The largest absolute Gasteiger partial charge is 0.508 e. The van der Waals surface area contributed by atoms with Gasteiger partial charge in [-0.15, -0.1) is 0 Å². The summed E-state index contributed by atoms with van der Waals surface area (Å²) in [4.78, 5) is 12.1. The summed E-state index contributed by atoms with van der Waals surface area (Å²) >= 11 is 0. The molecule has 1 aromatic rings. The van der Waals surface area contributed by atoms with E-state index in [-0.39, 0.29) is 17.7 Å². The second-order valence-corrected chi connectivity index (χ2v) is 5.70. The van der Waals surface area contributed by atoms with Crippen LogP contribution in [0.25, 0.3) is 0 Å². The van der Waals surface area contributed by atoms with E-state index in [0.29, 0.717) is 11.5 Å². The zero-order valence-corrected chi connectivity index (χ0v) is 12.4. The van der Waals surface area contributed by atoms with Crippen LogP contribution in [0.2, 0.25) is 0 Å². The molecule has 1 amide bonds. The number of amides is 1. The summed E-state index contributed by atoms with van der Waals surface area (Å²) in [5.41, 5.74) is 1.43. The van der Waals surface area contributed by atoms with Gasteiger partial charge in [0, 0.05) is 11.6 Å². The molecule has 106 valence electrons. The van der Waals surface area contributed by atoms with Crippen molar-refractivity contribution in [2.75, 3.05) is 0 Å². The maximum Gasteiger partial charge on any atom is 0.251 e. The number of benzene rings is 1. The van der Waals surface area contributed by atoms with E-state index < -0.39 is 0 Å². The van der Waals surface area contributed by atoms with Crippen LogP contribution in [-0.4, -0.2) is 17.1 Å². The number of nitrogens with one attached hydrogen (secondary N) is 1. The number of phenols is 1. The van der Waals surface area contributed by atoms with E-state index in [0.717, 1.165) is 18.4 Å². The van der Waals surface area contributed by atoms with Crippen molar-refractivity contribution in [2.24, 2.45) is 5.92 Å². The van der Waals surface area contributed by atoms with Gasteiger partial charge in [0.15, 0.2) is 0 Å². The van der Waals surface area contributed by atoms with Crippen molar-refractivity contribution in [3.8, 4) is 5.75 Å². The predicted octanol–water partition coefficient (Wildman–Crippen LogP) is 3.65. The molecule has 0 spiro atoms. The first-order valence-corrected chi connectivity index (χ1v) is 7.00. The lowest BCUT2D eigenvalue weighted by molar-refractivity contribution is 0.0937. The van der Waals surface area contributed by atoms with Crippen molar-refractivity contribution in [2.45, 2.75) is 53.0 Å². The van der Waals surface area contributed by atoms with Crippen LogP contribution in [-0.2, 0) is 0 Å². The Morgan fingerprint density at radius 3 is 2.53 bits per heavy atom. The Balaban J connectivity index is 2.50. The second-order valence-electron chi connectivity index (χ2n) is 5.70. The van der Waals surface area contributed by atoms with E-state index in [2.05, 4.69) is 19.2 Å². The van der Waals surface area contributed by atoms with Gasteiger partial charge in [0.05, 0.1) is 0 Å². The van der Waals surface area contributed by atoms with Crippen LogP contribution >= 0.6 is 0 Å². The van der Waals surface area contributed by atoms with E-state index in [1.807, 2.05) is 13.8 Å². The molecule has 2 N–H and O–H groups in total. The van der Waals surface area contributed by atoms with Gasteiger partial charge in [-0.25, -0.2) is 0 Å². The highest BCUT2D eigenvalue weighted by Crippen LogP contribution is 2.16. The highest BCUT2D eigenvalue weighted by Gasteiger charge is 2.12. The third kappa shape index (κ3) is 5.33. The van der Waals surface area contributed by atoms with Crippen molar-refractivity contribution >= 4 is 5.91 Å². The molecule has 0 heterocycles. The zero-order valence-electron chi connectivity index (χ0n) is 12.4. The first-order valence-electron chi connectivity index (χ1n) is 7.00. The molecule has 0 aliphatic rings. The van der Waals surface area contributed by atoms with Gasteiger partial charge in [-0.05, 0) is 49.9 Å². The summed E-state index contributed by atoms with van der Waals surface area (Å²) < 4.78 is 0. The Kier molecular flexibility index (Phi) is 5.87. The predicted molar refractivity (Wildman–Crippen MR) is 78.5 cm³/mol. The van der Waals surface area contributed by atoms with Crippen LogP contribution < -0.4 is 5.32 Å². The monoisotopic (exact) mass is 263 g/mol. The molecular formula is C16H25NO2. The van der Waals surface area contributed by atoms with E-state index in [1.54, 1.807) is 18.2 Å². The minimum absolute atomic E-state index is 0.0606. The van der Waals surface area contributed by atoms with Crippen LogP contribution in [0.5, 0.6) is 5.75 Å². The van der Waals surface area contributed by atoms with Crippen LogP contribution in [0.4, 0.5) is 0 Å². The van der Waals surface area contributed by atoms with Gasteiger partial charge in [-0.2, -0.15) is 0 Å². The highest BCUT2D eigenvalue weighted by molar-refractivity contribution is 5.95. The lowest BCUT2D eigenvalue weighted by Crippen LogP contribution is -2.32. The minimum Gasteiger partial charge on any atom is -0.508 e.